The molecule has 0 saturated carbocycles. The van der Waals surface area contributed by atoms with Crippen LogP contribution in [-0.4, -0.2) is 46.9 Å². The Balaban J connectivity index is 4.60. The first-order valence-corrected chi connectivity index (χ1v) is 25.5. The second-order valence-corrected chi connectivity index (χ2v) is 17.2. The Hall–Kier alpha value is -2.44. The maximum Gasteiger partial charge on any atom is 0.306 e. The lowest BCUT2D eigenvalue weighted by molar-refractivity contribution is -0.151. The van der Waals surface area contributed by atoms with E-state index in [1.165, 1.54) is 103 Å². The van der Waals surface area contributed by atoms with Crippen LogP contribution in [0.5, 0.6) is 0 Å². The molecule has 0 heterocycles. The van der Waals surface area contributed by atoms with Gasteiger partial charge in [0, 0.05) is 6.42 Å². The van der Waals surface area contributed by atoms with Gasteiger partial charge in [-0.05, 0) is 77.0 Å². The zero-order valence-corrected chi connectivity index (χ0v) is 39.6. The molecule has 0 aliphatic carbocycles. The molecule has 0 saturated heterocycles. The Morgan fingerprint density at radius 3 is 1.48 bits per heavy atom. The SMILES string of the molecule is CC/C=C/C/C=C/CCCCCCCC(CC(=O)NC(CO)C(O)CCCCCCCCCCCCC)OC(=O)CCCCCCC/C=C/C=C/C=C/CCCCCCC. The van der Waals surface area contributed by atoms with Crippen LogP contribution in [-0.2, 0) is 14.3 Å². The number of nitrogens with one attached hydrogen (secondary N) is 1. The van der Waals surface area contributed by atoms with Crippen molar-refractivity contribution < 1.29 is 24.5 Å². The molecular weight excluding hydrogens is 743 g/mol. The Labute approximate surface area is 371 Å². The highest BCUT2D eigenvalue weighted by Crippen LogP contribution is 2.17. The molecule has 0 fully saturated rings. The molecule has 1 amide bonds. The van der Waals surface area contributed by atoms with E-state index < -0.39 is 18.2 Å². The van der Waals surface area contributed by atoms with Crippen molar-refractivity contribution in [2.24, 2.45) is 0 Å². The summed E-state index contributed by atoms with van der Waals surface area (Å²) in [4.78, 5) is 26.1. The van der Waals surface area contributed by atoms with Crippen molar-refractivity contribution in [1.29, 1.82) is 0 Å². The molecule has 0 rings (SSSR count). The van der Waals surface area contributed by atoms with Crippen molar-refractivity contribution in [3.05, 3.63) is 60.8 Å². The number of amides is 1. The molecule has 3 unspecified atom stereocenters. The topological polar surface area (TPSA) is 95.9 Å². The largest absolute Gasteiger partial charge is 0.462 e. The van der Waals surface area contributed by atoms with Crippen LogP contribution in [0, 0.1) is 0 Å². The highest BCUT2D eigenvalue weighted by atomic mass is 16.5. The van der Waals surface area contributed by atoms with Crippen molar-refractivity contribution in [3.8, 4) is 0 Å². The van der Waals surface area contributed by atoms with Crippen molar-refractivity contribution in [2.75, 3.05) is 6.61 Å². The third-order valence-corrected chi connectivity index (χ3v) is 11.4. The summed E-state index contributed by atoms with van der Waals surface area (Å²) in [7, 11) is 0. The molecule has 0 aromatic heterocycles. The summed E-state index contributed by atoms with van der Waals surface area (Å²) < 4.78 is 5.91. The van der Waals surface area contributed by atoms with Crippen LogP contribution in [0.3, 0.4) is 0 Å². The summed E-state index contributed by atoms with van der Waals surface area (Å²) in [5, 5.41) is 23.7. The lowest BCUT2D eigenvalue weighted by Gasteiger charge is -2.24. The van der Waals surface area contributed by atoms with Gasteiger partial charge in [0.2, 0.25) is 5.91 Å². The zero-order chi connectivity index (χ0) is 43.8. The first-order valence-electron chi connectivity index (χ1n) is 25.5. The third kappa shape index (κ3) is 42.3. The van der Waals surface area contributed by atoms with Gasteiger partial charge in [-0.25, -0.2) is 0 Å². The fourth-order valence-corrected chi connectivity index (χ4v) is 7.53. The molecule has 6 nitrogen and oxygen atoms in total. The molecule has 60 heavy (non-hydrogen) atoms. The average molecular weight is 840 g/mol. The second-order valence-electron chi connectivity index (χ2n) is 17.2. The van der Waals surface area contributed by atoms with Crippen LogP contribution in [0.2, 0.25) is 0 Å². The van der Waals surface area contributed by atoms with E-state index in [1.54, 1.807) is 0 Å². The van der Waals surface area contributed by atoms with Gasteiger partial charge < -0.3 is 20.3 Å². The standard InChI is InChI=1S/C54H97NO5/c1-4-7-10-13-16-19-22-24-25-26-27-28-29-32-35-38-41-44-47-54(59)60-50(45-42-39-36-33-31-23-20-17-14-11-8-5-2)48-53(58)55-51(49-56)52(57)46-43-40-37-34-30-21-18-15-12-9-6-3/h8,11,17,20,22,24-28,50-52,56-57H,4-7,9-10,12-16,18-19,21,23,29-49H2,1-3H3,(H,55,58)/b11-8+,20-17+,24-22+,26-25+,28-27+. The maximum atomic E-state index is 13.2. The van der Waals surface area contributed by atoms with E-state index in [-0.39, 0.29) is 24.9 Å². The monoisotopic (exact) mass is 840 g/mol. The molecule has 3 N–H and O–H groups in total. The van der Waals surface area contributed by atoms with Gasteiger partial charge in [-0.15, -0.1) is 0 Å². The third-order valence-electron chi connectivity index (χ3n) is 11.4. The summed E-state index contributed by atoms with van der Waals surface area (Å²) in [5.41, 5.74) is 0. The molecule has 0 aromatic carbocycles. The summed E-state index contributed by atoms with van der Waals surface area (Å²) >= 11 is 0. The number of carbonyl (C=O) groups is 2. The van der Waals surface area contributed by atoms with Crippen LogP contribution >= 0.6 is 0 Å². The van der Waals surface area contributed by atoms with E-state index in [9.17, 15) is 19.8 Å². The molecule has 0 aliphatic rings. The molecular formula is C54H97NO5. The number of allylic oxidation sites excluding steroid dienone is 10. The fraction of sp³-hybridized carbons (Fsp3) is 0.778. The van der Waals surface area contributed by atoms with Gasteiger partial charge >= 0.3 is 5.97 Å². The molecule has 0 radical (unpaired) electrons. The number of aliphatic hydroxyl groups is 2. The quantitative estimate of drug-likeness (QED) is 0.0246. The lowest BCUT2D eigenvalue weighted by Crippen LogP contribution is -2.46. The minimum absolute atomic E-state index is 0.0583. The Kier molecular flexibility index (Phi) is 45.7. The molecule has 0 bridgehead atoms. The second kappa shape index (κ2) is 47.6. The average Bonchev–Trinajstić information content (AvgIpc) is 3.24. The number of aliphatic hydroxyl groups excluding tert-OH is 2. The number of unbranched alkanes of at least 4 members (excludes halogenated alkanes) is 25. The maximum absolute atomic E-state index is 13.2. The molecule has 6 heteroatoms. The normalized spacial score (nSPS) is 13.8. The highest BCUT2D eigenvalue weighted by molar-refractivity contribution is 5.77. The summed E-state index contributed by atoms with van der Waals surface area (Å²) in [5.74, 6) is -0.511. The minimum atomic E-state index is -0.795. The predicted molar refractivity (Wildman–Crippen MR) is 259 cm³/mol. The van der Waals surface area contributed by atoms with E-state index in [4.69, 9.17) is 4.74 Å². The van der Waals surface area contributed by atoms with Crippen LogP contribution in [0.15, 0.2) is 60.8 Å². The van der Waals surface area contributed by atoms with Crippen LogP contribution in [0.1, 0.15) is 245 Å². The van der Waals surface area contributed by atoms with Crippen molar-refractivity contribution in [2.45, 2.75) is 264 Å². The Morgan fingerprint density at radius 2 is 0.967 bits per heavy atom. The van der Waals surface area contributed by atoms with Crippen molar-refractivity contribution in [1.82, 2.24) is 5.32 Å². The molecule has 0 aromatic rings. The van der Waals surface area contributed by atoms with E-state index in [0.717, 1.165) is 96.3 Å². The summed E-state index contributed by atoms with van der Waals surface area (Å²) in [6.07, 6.45) is 58.5. The molecule has 348 valence electrons. The lowest BCUT2D eigenvalue weighted by atomic mass is 10.0. The highest BCUT2D eigenvalue weighted by Gasteiger charge is 2.24. The smallest absolute Gasteiger partial charge is 0.306 e. The number of carbonyl (C=O) groups excluding carboxylic acids is 2. The van der Waals surface area contributed by atoms with E-state index >= 15 is 0 Å². The van der Waals surface area contributed by atoms with E-state index in [2.05, 4.69) is 86.8 Å². The number of ether oxygens (including phenoxy) is 1. The van der Waals surface area contributed by atoms with Gasteiger partial charge in [0.25, 0.3) is 0 Å². The molecule has 3 atom stereocenters. The van der Waals surface area contributed by atoms with Crippen molar-refractivity contribution >= 4 is 11.9 Å². The summed E-state index contributed by atoms with van der Waals surface area (Å²) in [6, 6.07) is -0.711. The number of rotatable bonds is 45. The van der Waals surface area contributed by atoms with Gasteiger partial charge in [-0.2, -0.15) is 0 Å². The first-order chi connectivity index (χ1) is 29.5. The van der Waals surface area contributed by atoms with Crippen molar-refractivity contribution in [3.63, 3.8) is 0 Å². The zero-order valence-electron chi connectivity index (χ0n) is 39.6. The fourth-order valence-electron chi connectivity index (χ4n) is 7.53. The van der Waals surface area contributed by atoms with Gasteiger partial charge in [0.15, 0.2) is 0 Å². The number of esters is 1. The first kappa shape index (κ1) is 57.6. The van der Waals surface area contributed by atoms with Gasteiger partial charge in [-0.3, -0.25) is 9.59 Å². The van der Waals surface area contributed by atoms with Gasteiger partial charge in [-0.1, -0.05) is 216 Å². The number of hydrogen-bond acceptors (Lipinski definition) is 5. The van der Waals surface area contributed by atoms with Gasteiger partial charge in [0.05, 0.1) is 25.2 Å². The van der Waals surface area contributed by atoms with E-state index in [0.29, 0.717) is 19.3 Å². The van der Waals surface area contributed by atoms with Crippen LogP contribution in [0.4, 0.5) is 0 Å². The van der Waals surface area contributed by atoms with Crippen LogP contribution < -0.4 is 5.32 Å². The van der Waals surface area contributed by atoms with Gasteiger partial charge in [0.1, 0.15) is 6.10 Å². The van der Waals surface area contributed by atoms with Crippen LogP contribution in [0.25, 0.3) is 0 Å². The Bertz CT molecular complexity index is 1080. The number of hydrogen-bond donors (Lipinski definition) is 3. The summed E-state index contributed by atoms with van der Waals surface area (Å²) in [6.45, 7) is 6.34. The Morgan fingerprint density at radius 1 is 0.517 bits per heavy atom. The van der Waals surface area contributed by atoms with E-state index in [1.807, 2.05) is 0 Å². The molecule has 0 aliphatic heterocycles. The minimum Gasteiger partial charge on any atom is -0.462 e. The predicted octanol–water partition coefficient (Wildman–Crippen LogP) is 15.2. The molecule has 0 spiro atoms.